The first kappa shape index (κ1) is 22.0. The van der Waals surface area contributed by atoms with Gasteiger partial charge in [0.2, 0.25) is 0 Å². The van der Waals surface area contributed by atoms with Crippen molar-refractivity contribution in [3.05, 3.63) is 45.6 Å². The number of carboxylic acid groups (broad SMARTS) is 1. The summed E-state index contributed by atoms with van der Waals surface area (Å²) in [6.45, 7) is 11.5. The van der Waals surface area contributed by atoms with Gasteiger partial charge in [-0.2, -0.15) is 0 Å². The van der Waals surface area contributed by atoms with Gasteiger partial charge >= 0.3 is 5.97 Å². The standard InChI is InChI=1S/C23H28N2O4S/c1-13-9-14(2)24-19(10-13)25(12-30)23(6)8-7-18-17(5)21(28-11-20(26)27)15(3)16(4)22(18)29-23/h9-10,12H,7-8,11H2,1-6H3,(H,26,27). The number of aromatic nitrogens is 1. The molecule has 6 nitrogen and oxygen atoms in total. The molecule has 2 aromatic rings. The van der Waals surface area contributed by atoms with Crippen molar-refractivity contribution in [1.29, 1.82) is 0 Å². The number of hydrogen-bond acceptors (Lipinski definition) is 5. The number of carbonyl (C=O) groups is 1. The average molecular weight is 429 g/mol. The first-order valence-electron chi connectivity index (χ1n) is 9.93. The third-order valence-electron chi connectivity index (χ3n) is 5.76. The summed E-state index contributed by atoms with van der Waals surface area (Å²) in [7, 11) is 0. The normalized spacial score (nSPS) is 17.7. The van der Waals surface area contributed by atoms with Crippen molar-refractivity contribution in [2.24, 2.45) is 0 Å². The van der Waals surface area contributed by atoms with Crippen molar-refractivity contribution in [2.75, 3.05) is 11.5 Å². The van der Waals surface area contributed by atoms with E-state index < -0.39 is 11.7 Å². The summed E-state index contributed by atoms with van der Waals surface area (Å²) in [6.07, 6.45) is 1.45. The maximum absolute atomic E-state index is 11.0. The number of benzene rings is 1. The van der Waals surface area contributed by atoms with Gasteiger partial charge in [0.1, 0.15) is 17.3 Å². The molecule has 7 heteroatoms. The second-order valence-electron chi connectivity index (χ2n) is 8.09. The molecule has 1 aromatic carbocycles. The van der Waals surface area contributed by atoms with Crippen LogP contribution in [0.2, 0.25) is 0 Å². The highest BCUT2D eigenvalue weighted by atomic mass is 32.1. The number of hydrogen-bond donors (Lipinski definition) is 1. The van der Waals surface area contributed by atoms with Crippen molar-refractivity contribution in [1.82, 2.24) is 4.98 Å². The molecule has 0 radical (unpaired) electrons. The van der Waals surface area contributed by atoms with E-state index in [0.717, 1.165) is 51.5 Å². The van der Waals surface area contributed by atoms with Gasteiger partial charge in [-0.1, -0.05) is 12.2 Å². The van der Waals surface area contributed by atoms with E-state index in [0.29, 0.717) is 12.2 Å². The average Bonchev–Trinajstić information content (AvgIpc) is 2.65. The van der Waals surface area contributed by atoms with E-state index in [9.17, 15) is 4.79 Å². The van der Waals surface area contributed by atoms with E-state index in [4.69, 9.17) is 26.8 Å². The lowest BCUT2D eigenvalue weighted by molar-refractivity contribution is -0.139. The third-order valence-corrected chi connectivity index (χ3v) is 5.97. The molecule has 1 aliphatic heterocycles. The molecule has 0 fully saturated rings. The molecule has 0 aliphatic carbocycles. The van der Waals surface area contributed by atoms with Gasteiger partial charge in [0, 0.05) is 17.7 Å². The highest BCUT2D eigenvalue weighted by molar-refractivity contribution is 7.79. The summed E-state index contributed by atoms with van der Waals surface area (Å²) < 4.78 is 12.2. The minimum Gasteiger partial charge on any atom is -0.481 e. The number of ether oxygens (including phenoxy) is 2. The Morgan fingerprint density at radius 3 is 2.57 bits per heavy atom. The molecule has 0 bridgehead atoms. The number of pyridine rings is 1. The van der Waals surface area contributed by atoms with Gasteiger partial charge in [-0.05, 0) is 82.3 Å². The molecule has 1 aliphatic rings. The zero-order valence-corrected chi connectivity index (χ0v) is 19.1. The van der Waals surface area contributed by atoms with E-state index in [-0.39, 0.29) is 6.61 Å². The Kier molecular flexibility index (Phi) is 6.04. The maximum Gasteiger partial charge on any atom is 0.341 e. The molecule has 0 amide bonds. The molecule has 1 N–H and O–H groups in total. The van der Waals surface area contributed by atoms with Crippen molar-refractivity contribution in [2.45, 2.75) is 60.1 Å². The molecule has 0 spiro atoms. The molecule has 3 rings (SSSR count). The van der Waals surface area contributed by atoms with Crippen LogP contribution >= 0.6 is 12.2 Å². The predicted molar refractivity (Wildman–Crippen MR) is 121 cm³/mol. The number of anilines is 1. The quantitative estimate of drug-likeness (QED) is 0.675. The zero-order valence-electron chi connectivity index (χ0n) is 18.3. The molecular formula is C23H28N2O4S. The van der Waals surface area contributed by atoms with Crippen LogP contribution in [0.3, 0.4) is 0 Å². The number of nitrogens with zero attached hydrogens (tertiary/aromatic N) is 2. The molecule has 1 aromatic heterocycles. The van der Waals surface area contributed by atoms with E-state index in [1.54, 1.807) is 5.49 Å². The van der Waals surface area contributed by atoms with Crippen LogP contribution in [-0.4, -0.2) is 33.9 Å². The van der Waals surface area contributed by atoms with Crippen molar-refractivity contribution in [3.63, 3.8) is 0 Å². The minimum atomic E-state index is -0.995. The number of aryl methyl sites for hydroxylation is 2. The third kappa shape index (κ3) is 3.99. The molecule has 0 saturated carbocycles. The van der Waals surface area contributed by atoms with Crippen molar-refractivity contribution < 1.29 is 19.4 Å². The number of carboxylic acids is 1. The molecule has 160 valence electrons. The van der Waals surface area contributed by atoms with E-state index in [1.165, 1.54) is 0 Å². The molecule has 1 unspecified atom stereocenters. The number of aliphatic carboxylic acids is 1. The molecule has 2 heterocycles. The Morgan fingerprint density at radius 2 is 1.97 bits per heavy atom. The molecule has 1 atom stereocenters. The SMILES string of the molecule is Cc1cc(C)nc(N(C=S)C2(C)CCc3c(C)c(OCC(=O)O)c(C)c(C)c3O2)c1. The van der Waals surface area contributed by atoms with Crippen LogP contribution in [0.15, 0.2) is 12.1 Å². The summed E-state index contributed by atoms with van der Waals surface area (Å²) in [5, 5.41) is 8.99. The Hall–Kier alpha value is -2.67. The largest absolute Gasteiger partial charge is 0.481 e. The van der Waals surface area contributed by atoms with E-state index >= 15 is 0 Å². The lowest BCUT2D eigenvalue weighted by atomic mass is 9.89. The van der Waals surface area contributed by atoms with Gasteiger partial charge in [0.15, 0.2) is 12.3 Å². The van der Waals surface area contributed by atoms with Crippen LogP contribution in [0.5, 0.6) is 11.5 Å². The smallest absolute Gasteiger partial charge is 0.341 e. The van der Waals surface area contributed by atoms with Gasteiger partial charge in [-0.3, -0.25) is 4.90 Å². The van der Waals surface area contributed by atoms with Gasteiger partial charge < -0.3 is 14.6 Å². The number of rotatable bonds is 6. The Bertz CT molecular complexity index is 1000. The van der Waals surface area contributed by atoms with Crippen LogP contribution in [0.25, 0.3) is 0 Å². The first-order chi connectivity index (χ1) is 14.1. The predicted octanol–water partition coefficient (Wildman–Crippen LogP) is 4.59. The Morgan fingerprint density at radius 1 is 1.27 bits per heavy atom. The fourth-order valence-electron chi connectivity index (χ4n) is 4.09. The maximum atomic E-state index is 11.0. The van der Waals surface area contributed by atoms with Crippen LogP contribution in [0.4, 0.5) is 5.82 Å². The lowest BCUT2D eigenvalue weighted by Gasteiger charge is -2.44. The first-order valence-corrected chi connectivity index (χ1v) is 10.4. The van der Waals surface area contributed by atoms with Crippen LogP contribution in [0.1, 0.15) is 46.9 Å². The van der Waals surface area contributed by atoms with Gasteiger partial charge in [-0.15, -0.1) is 0 Å². The molecular weight excluding hydrogens is 400 g/mol. The van der Waals surface area contributed by atoms with Gasteiger partial charge in [-0.25, -0.2) is 9.78 Å². The second-order valence-corrected chi connectivity index (χ2v) is 8.30. The van der Waals surface area contributed by atoms with Crippen molar-refractivity contribution >= 4 is 29.5 Å². The summed E-state index contributed by atoms with van der Waals surface area (Å²) in [6, 6.07) is 4.03. The van der Waals surface area contributed by atoms with Crippen LogP contribution in [-0.2, 0) is 11.2 Å². The summed E-state index contributed by atoms with van der Waals surface area (Å²) in [5.74, 6) is 1.21. The molecule has 0 saturated heterocycles. The van der Waals surface area contributed by atoms with Crippen LogP contribution in [0, 0.1) is 34.6 Å². The van der Waals surface area contributed by atoms with E-state index in [2.05, 4.69) is 4.98 Å². The van der Waals surface area contributed by atoms with Crippen LogP contribution < -0.4 is 14.4 Å². The van der Waals surface area contributed by atoms with Gasteiger partial charge in [0.25, 0.3) is 0 Å². The topological polar surface area (TPSA) is 71.9 Å². The van der Waals surface area contributed by atoms with Gasteiger partial charge in [0.05, 0.1) is 5.49 Å². The zero-order chi connectivity index (χ0) is 22.2. The monoisotopic (exact) mass is 428 g/mol. The van der Waals surface area contributed by atoms with E-state index in [1.807, 2.05) is 58.6 Å². The highest BCUT2D eigenvalue weighted by Crippen LogP contribution is 2.45. The second kappa shape index (κ2) is 8.22. The number of thiocarbonyl (C=S) groups is 1. The Labute approximate surface area is 182 Å². The summed E-state index contributed by atoms with van der Waals surface area (Å²) in [4.78, 5) is 17.6. The fourth-order valence-corrected chi connectivity index (χ4v) is 4.42. The highest BCUT2D eigenvalue weighted by Gasteiger charge is 2.40. The lowest BCUT2D eigenvalue weighted by Crippen LogP contribution is -2.53. The summed E-state index contributed by atoms with van der Waals surface area (Å²) in [5.41, 5.74) is 6.76. The Balaban J connectivity index is 2.03. The minimum absolute atomic E-state index is 0.366. The fraction of sp³-hybridized carbons (Fsp3) is 0.435. The van der Waals surface area contributed by atoms with Crippen molar-refractivity contribution in [3.8, 4) is 11.5 Å². The molecule has 30 heavy (non-hydrogen) atoms. The number of fused-ring (bicyclic) bond motifs is 1. The summed E-state index contributed by atoms with van der Waals surface area (Å²) >= 11 is 5.36.